The summed E-state index contributed by atoms with van der Waals surface area (Å²) in [5.74, 6) is 0.225. The first-order valence-electron chi connectivity index (χ1n) is 6.91. The lowest BCUT2D eigenvalue weighted by molar-refractivity contribution is -0.126. The van der Waals surface area contributed by atoms with Crippen LogP contribution in [-0.4, -0.2) is 23.7 Å². The van der Waals surface area contributed by atoms with Gasteiger partial charge in [0.1, 0.15) is 18.0 Å². The Morgan fingerprint density at radius 3 is 2.73 bits per heavy atom. The van der Waals surface area contributed by atoms with E-state index in [2.05, 4.69) is 0 Å². The number of hydrogen-bond acceptors (Lipinski definition) is 4. The Kier molecular flexibility index (Phi) is 3.67. The van der Waals surface area contributed by atoms with Crippen LogP contribution in [0, 0.1) is 11.3 Å². The van der Waals surface area contributed by atoms with Crippen molar-refractivity contribution in [3.8, 4) is 17.6 Å². The molecule has 110 valence electrons. The summed E-state index contributed by atoms with van der Waals surface area (Å²) in [5, 5.41) is 18.6. The van der Waals surface area contributed by atoms with Crippen LogP contribution in [0.4, 0.5) is 5.69 Å². The Morgan fingerprint density at radius 1 is 1.23 bits per heavy atom. The molecule has 0 spiro atoms. The lowest BCUT2D eigenvalue weighted by atomic mass is 10.0. The zero-order valence-electron chi connectivity index (χ0n) is 11.8. The van der Waals surface area contributed by atoms with E-state index in [9.17, 15) is 9.90 Å². The van der Waals surface area contributed by atoms with E-state index in [0.29, 0.717) is 17.9 Å². The highest BCUT2D eigenvalue weighted by molar-refractivity contribution is 6.00. The van der Waals surface area contributed by atoms with E-state index >= 15 is 0 Å². The first-order chi connectivity index (χ1) is 10.7. The summed E-state index contributed by atoms with van der Waals surface area (Å²) in [6.07, 6.45) is -0.290. The second-order valence-electron chi connectivity index (χ2n) is 5.03. The Labute approximate surface area is 128 Å². The van der Waals surface area contributed by atoms with Crippen molar-refractivity contribution in [2.75, 3.05) is 11.4 Å². The minimum Gasteiger partial charge on any atom is -0.508 e. The molecule has 0 aliphatic carbocycles. The molecule has 5 heteroatoms. The monoisotopic (exact) mass is 294 g/mol. The SMILES string of the molecule is N#CCN1C(=O)C(Cc2ccccc2)Oc2cc(O)ccc21. The molecule has 1 aliphatic heterocycles. The number of carbonyl (C=O) groups excluding carboxylic acids is 1. The van der Waals surface area contributed by atoms with Crippen LogP contribution in [0.5, 0.6) is 11.5 Å². The zero-order valence-corrected chi connectivity index (χ0v) is 11.8. The number of fused-ring (bicyclic) bond motifs is 1. The van der Waals surface area contributed by atoms with Gasteiger partial charge in [0.25, 0.3) is 5.91 Å². The predicted octanol–water partition coefficient (Wildman–Crippen LogP) is 2.25. The molecule has 2 aromatic carbocycles. The smallest absolute Gasteiger partial charge is 0.269 e. The zero-order chi connectivity index (χ0) is 15.5. The molecule has 1 heterocycles. The van der Waals surface area contributed by atoms with E-state index < -0.39 is 6.10 Å². The third-order valence-electron chi connectivity index (χ3n) is 3.54. The molecule has 0 aromatic heterocycles. The Bertz CT molecular complexity index is 737. The van der Waals surface area contributed by atoms with Gasteiger partial charge in [-0.1, -0.05) is 30.3 Å². The maximum absolute atomic E-state index is 12.6. The maximum Gasteiger partial charge on any atom is 0.269 e. The van der Waals surface area contributed by atoms with Crippen LogP contribution in [0.25, 0.3) is 0 Å². The van der Waals surface area contributed by atoms with Crippen molar-refractivity contribution < 1.29 is 14.6 Å². The van der Waals surface area contributed by atoms with E-state index in [1.54, 1.807) is 6.07 Å². The quantitative estimate of drug-likeness (QED) is 0.881. The van der Waals surface area contributed by atoms with Gasteiger partial charge in [-0.3, -0.25) is 9.69 Å². The highest BCUT2D eigenvalue weighted by Crippen LogP contribution is 2.37. The Balaban J connectivity index is 1.94. The molecular formula is C17H14N2O3. The molecule has 0 bridgehead atoms. The van der Waals surface area contributed by atoms with E-state index in [4.69, 9.17) is 10.00 Å². The third-order valence-corrected chi connectivity index (χ3v) is 3.54. The number of amides is 1. The van der Waals surface area contributed by atoms with Gasteiger partial charge < -0.3 is 9.84 Å². The summed E-state index contributed by atoms with van der Waals surface area (Å²) < 4.78 is 5.74. The molecule has 5 nitrogen and oxygen atoms in total. The van der Waals surface area contributed by atoms with Gasteiger partial charge in [0, 0.05) is 12.5 Å². The summed E-state index contributed by atoms with van der Waals surface area (Å²) in [6.45, 7) is -0.0503. The predicted molar refractivity (Wildman–Crippen MR) is 80.6 cm³/mol. The van der Waals surface area contributed by atoms with Gasteiger partial charge in [0.2, 0.25) is 0 Å². The van der Waals surface area contributed by atoms with Gasteiger partial charge in [-0.25, -0.2) is 0 Å². The number of hydrogen-bond donors (Lipinski definition) is 1. The minimum absolute atomic E-state index is 0.0503. The van der Waals surface area contributed by atoms with Crippen LogP contribution in [0.1, 0.15) is 5.56 Å². The van der Waals surface area contributed by atoms with Crippen LogP contribution >= 0.6 is 0 Å². The van der Waals surface area contributed by atoms with Crippen LogP contribution in [-0.2, 0) is 11.2 Å². The number of phenolic OH excluding ortho intramolecular Hbond substituents is 1. The van der Waals surface area contributed by atoms with E-state index in [0.717, 1.165) is 5.56 Å². The minimum atomic E-state index is -0.704. The average Bonchev–Trinajstić information content (AvgIpc) is 2.52. The summed E-state index contributed by atoms with van der Waals surface area (Å²) in [4.78, 5) is 13.9. The molecule has 0 fully saturated rings. The first kappa shape index (κ1) is 14.0. The number of benzene rings is 2. The molecule has 0 saturated heterocycles. The number of ether oxygens (including phenoxy) is 1. The fourth-order valence-electron chi connectivity index (χ4n) is 2.51. The van der Waals surface area contributed by atoms with Gasteiger partial charge in [0.05, 0.1) is 11.8 Å². The number of rotatable bonds is 3. The molecule has 1 N–H and O–H groups in total. The largest absolute Gasteiger partial charge is 0.508 e. The third kappa shape index (κ3) is 2.59. The van der Waals surface area contributed by atoms with Crippen molar-refractivity contribution in [1.82, 2.24) is 0 Å². The van der Waals surface area contributed by atoms with Gasteiger partial charge in [-0.05, 0) is 17.7 Å². The van der Waals surface area contributed by atoms with Crippen molar-refractivity contribution in [2.45, 2.75) is 12.5 Å². The van der Waals surface area contributed by atoms with Crippen molar-refractivity contribution in [3.05, 3.63) is 54.1 Å². The fraction of sp³-hybridized carbons (Fsp3) is 0.176. The molecule has 3 rings (SSSR count). The highest BCUT2D eigenvalue weighted by Gasteiger charge is 2.34. The lowest BCUT2D eigenvalue weighted by Crippen LogP contribution is -2.47. The number of nitrogens with zero attached hydrogens (tertiary/aromatic N) is 2. The Hall–Kier alpha value is -3.00. The van der Waals surface area contributed by atoms with Gasteiger partial charge >= 0.3 is 0 Å². The van der Waals surface area contributed by atoms with Crippen LogP contribution < -0.4 is 9.64 Å². The van der Waals surface area contributed by atoms with Crippen LogP contribution in [0.3, 0.4) is 0 Å². The van der Waals surface area contributed by atoms with Crippen molar-refractivity contribution in [1.29, 1.82) is 5.26 Å². The molecule has 1 aliphatic rings. The number of carbonyl (C=O) groups is 1. The molecular weight excluding hydrogens is 280 g/mol. The van der Waals surface area contributed by atoms with Crippen molar-refractivity contribution >= 4 is 11.6 Å². The highest BCUT2D eigenvalue weighted by atomic mass is 16.5. The topological polar surface area (TPSA) is 73.6 Å². The molecule has 0 radical (unpaired) electrons. The maximum atomic E-state index is 12.6. The summed E-state index contributed by atoms with van der Waals surface area (Å²) in [5.41, 5.74) is 1.48. The molecule has 1 atom stereocenters. The van der Waals surface area contributed by atoms with E-state index in [1.807, 2.05) is 36.4 Å². The fourth-order valence-corrected chi connectivity index (χ4v) is 2.51. The Morgan fingerprint density at radius 2 is 2.00 bits per heavy atom. The van der Waals surface area contributed by atoms with Gasteiger partial charge in [-0.2, -0.15) is 5.26 Å². The molecule has 1 amide bonds. The summed E-state index contributed by atoms with van der Waals surface area (Å²) >= 11 is 0. The summed E-state index contributed by atoms with van der Waals surface area (Å²) in [6, 6.07) is 16.1. The second kappa shape index (κ2) is 5.78. The standard InChI is InChI=1S/C17H14N2O3/c18-8-9-19-14-7-6-13(20)11-15(14)22-16(17(19)21)10-12-4-2-1-3-5-12/h1-7,11,16,20H,9-10H2. The van der Waals surface area contributed by atoms with Crippen molar-refractivity contribution in [3.63, 3.8) is 0 Å². The summed E-state index contributed by atoms with van der Waals surface area (Å²) in [7, 11) is 0. The van der Waals surface area contributed by atoms with E-state index in [1.165, 1.54) is 17.0 Å². The van der Waals surface area contributed by atoms with Gasteiger partial charge in [-0.15, -0.1) is 0 Å². The number of nitriles is 1. The molecule has 22 heavy (non-hydrogen) atoms. The molecule has 2 aromatic rings. The molecule has 1 unspecified atom stereocenters. The average molecular weight is 294 g/mol. The number of aromatic hydroxyl groups is 1. The second-order valence-corrected chi connectivity index (χ2v) is 5.03. The van der Waals surface area contributed by atoms with E-state index in [-0.39, 0.29) is 18.2 Å². The van der Waals surface area contributed by atoms with Crippen LogP contribution in [0.2, 0.25) is 0 Å². The van der Waals surface area contributed by atoms with Crippen molar-refractivity contribution in [2.24, 2.45) is 0 Å². The molecule has 0 saturated carbocycles. The van der Waals surface area contributed by atoms with Gasteiger partial charge in [0.15, 0.2) is 6.10 Å². The van der Waals surface area contributed by atoms with Crippen LogP contribution in [0.15, 0.2) is 48.5 Å². The number of phenols is 1. The first-order valence-corrected chi connectivity index (χ1v) is 6.91. The number of anilines is 1. The normalized spacial score (nSPS) is 16.6. The lowest BCUT2D eigenvalue weighted by Gasteiger charge is -2.33.